The van der Waals surface area contributed by atoms with Crippen LogP contribution in [0.1, 0.15) is 30.0 Å². The van der Waals surface area contributed by atoms with Gasteiger partial charge in [-0.15, -0.1) is 0 Å². The van der Waals surface area contributed by atoms with Gasteiger partial charge in [0, 0.05) is 41.3 Å². The number of benzene rings is 2. The first-order chi connectivity index (χ1) is 14.5. The topological polar surface area (TPSA) is 88.7 Å². The summed E-state index contributed by atoms with van der Waals surface area (Å²) in [5, 5.41) is 6.90. The normalized spacial score (nSPS) is 13.2. The lowest BCUT2D eigenvalue weighted by molar-refractivity contribution is -0.106. The first-order valence-corrected chi connectivity index (χ1v) is 10.1. The van der Waals surface area contributed by atoms with Gasteiger partial charge in [0.2, 0.25) is 6.41 Å². The molecule has 1 aliphatic rings. The minimum Gasteiger partial charge on any atom is -0.385 e. The first kappa shape index (κ1) is 23.2. The van der Waals surface area contributed by atoms with E-state index in [9.17, 15) is 0 Å². The van der Waals surface area contributed by atoms with E-state index in [1.54, 1.807) is 0 Å². The zero-order valence-electron chi connectivity index (χ0n) is 18.1. The zero-order valence-corrected chi connectivity index (χ0v) is 18.1. The van der Waals surface area contributed by atoms with Crippen molar-refractivity contribution in [3.8, 4) is 0 Å². The lowest BCUT2D eigenvalue weighted by atomic mass is 10.0. The number of rotatable bonds is 8. The number of hydrogen-bond donors (Lipinski definition) is 3. The van der Waals surface area contributed by atoms with E-state index in [1.165, 1.54) is 11.1 Å². The summed E-state index contributed by atoms with van der Waals surface area (Å²) >= 11 is 0. The smallest absolute Gasteiger partial charge is 0.204 e. The van der Waals surface area contributed by atoms with E-state index >= 15 is 0 Å². The number of nitrogens with one attached hydrogen (secondary N) is 2. The Hall–Kier alpha value is -3.12. The van der Waals surface area contributed by atoms with Crippen LogP contribution >= 0.6 is 0 Å². The van der Waals surface area contributed by atoms with Crippen LogP contribution in [-0.2, 0) is 9.53 Å². The van der Waals surface area contributed by atoms with Crippen LogP contribution in [-0.4, -0.2) is 32.4 Å². The molecule has 0 unspecified atom stereocenters. The monoisotopic (exact) mass is 408 g/mol. The number of primary amides is 1. The number of hydrogen-bond acceptors (Lipinski definition) is 5. The van der Waals surface area contributed by atoms with Gasteiger partial charge >= 0.3 is 0 Å². The molecule has 1 aliphatic heterocycles. The predicted molar refractivity (Wildman–Crippen MR) is 127 cm³/mol. The maximum Gasteiger partial charge on any atom is 0.204 e. The standard InChI is InChI=1S/C23H29N3O.CH3NO/c1-5-24-22-13-16(2)12-17(3)23(22)18(4)26-21-8-6-20(7-9-21)25-11-10-19-14-27-15-19;2-1-3/h5-9,12-13,19,25-26H,4,10-11,14-15H2,1-3H3;1H,(H2,2,3). The third-order valence-corrected chi connectivity index (χ3v) is 4.80. The predicted octanol–water partition coefficient (Wildman–Crippen LogP) is 4.66. The number of anilines is 2. The molecule has 1 fully saturated rings. The van der Waals surface area contributed by atoms with Crippen molar-refractivity contribution in [2.24, 2.45) is 16.6 Å². The van der Waals surface area contributed by atoms with Gasteiger partial charge in [-0.1, -0.05) is 12.6 Å². The molecule has 3 rings (SSSR count). The van der Waals surface area contributed by atoms with E-state index in [0.29, 0.717) is 0 Å². The Balaban J connectivity index is 0.00000101. The van der Waals surface area contributed by atoms with Crippen LogP contribution in [0.5, 0.6) is 0 Å². The Morgan fingerprint density at radius 1 is 1.23 bits per heavy atom. The molecule has 0 saturated carbocycles. The van der Waals surface area contributed by atoms with Crippen molar-refractivity contribution in [3.05, 3.63) is 59.7 Å². The number of carbonyl (C=O) groups excluding carboxylic acids is 1. The molecule has 0 spiro atoms. The molecule has 2 aromatic rings. The molecule has 1 saturated heterocycles. The van der Waals surface area contributed by atoms with E-state index in [1.807, 2.05) is 13.1 Å². The molecule has 0 bridgehead atoms. The van der Waals surface area contributed by atoms with Crippen LogP contribution in [0.15, 0.2) is 48.0 Å². The SMILES string of the molecule is C=C(Nc1ccc(NCCC2COC2)cc1)c1c(C)cc(C)cc1N=CC.NC=O. The summed E-state index contributed by atoms with van der Waals surface area (Å²) in [7, 11) is 0. The second-order valence-corrected chi connectivity index (χ2v) is 7.30. The first-order valence-electron chi connectivity index (χ1n) is 10.1. The molecular weight excluding hydrogens is 376 g/mol. The highest BCUT2D eigenvalue weighted by Crippen LogP contribution is 2.31. The van der Waals surface area contributed by atoms with Crippen LogP contribution in [0.2, 0.25) is 0 Å². The number of nitrogens with two attached hydrogens (primary N) is 1. The highest BCUT2D eigenvalue weighted by Gasteiger charge is 2.17. The second kappa shape index (κ2) is 11.8. The minimum atomic E-state index is 0.250. The quantitative estimate of drug-likeness (QED) is 0.438. The average Bonchev–Trinajstić information content (AvgIpc) is 2.65. The Morgan fingerprint density at radius 3 is 2.43 bits per heavy atom. The lowest BCUT2D eigenvalue weighted by Gasteiger charge is -2.25. The van der Waals surface area contributed by atoms with Crippen LogP contribution in [0.4, 0.5) is 17.1 Å². The molecule has 1 amide bonds. The molecular formula is C24H32N4O2. The van der Waals surface area contributed by atoms with Gasteiger partial charge in [0.25, 0.3) is 0 Å². The minimum absolute atomic E-state index is 0.250. The summed E-state index contributed by atoms with van der Waals surface area (Å²) in [4.78, 5) is 13.1. The second-order valence-electron chi connectivity index (χ2n) is 7.30. The highest BCUT2D eigenvalue weighted by molar-refractivity contribution is 5.84. The van der Waals surface area contributed by atoms with Gasteiger partial charge < -0.3 is 21.1 Å². The van der Waals surface area contributed by atoms with Gasteiger partial charge in [0.1, 0.15) is 0 Å². The number of carbonyl (C=O) groups is 1. The van der Waals surface area contributed by atoms with E-state index in [0.717, 1.165) is 60.4 Å². The fourth-order valence-corrected chi connectivity index (χ4v) is 3.36. The lowest BCUT2D eigenvalue weighted by Crippen LogP contribution is -2.29. The van der Waals surface area contributed by atoms with Gasteiger partial charge in [-0.25, -0.2) is 0 Å². The zero-order chi connectivity index (χ0) is 21.9. The Labute approximate surface area is 179 Å². The maximum absolute atomic E-state index is 8.58. The molecule has 6 nitrogen and oxygen atoms in total. The van der Waals surface area contributed by atoms with Crippen LogP contribution < -0.4 is 16.4 Å². The van der Waals surface area contributed by atoms with E-state index in [2.05, 4.69) is 78.2 Å². The third kappa shape index (κ3) is 6.74. The van der Waals surface area contributed by atoms with Crippen LogP contribution in [0.25, 0.3) is 5.70 Å². The van der Waals surface area contributed by atoms with Gasteiger partial charge in [-0.3, -0.25) is 9.79 Å². The average molecular weight is 409 g/mol. The summed E-state index contributed by atoms with van der Waals surface area (Å²) in [5.74, 6) is 0.722. The molecule has 0 atom stereocenters. The fraction of sp³-hybridized carbons (Fsp3) is 0.333. The van der Waals surface area contributed by atoms with Crippen molar-refractivity contribution < 1.29 is 9.53 Å². The molecule has 4 N–H and O–H groups in total. The van der Waals surface area contributed by atoms with Crippen molar-refractivity contribution in [2.75, 3.05) is 30.4 Å². The summed E-state index contributed by atoms with van der Waals surface area (Å²) in [6, 6.07) is 12.6. The summed E-state index contributed by atoms with van der Waals surface area (Å²) in [6.07, 6.45) is 3.23. The van der Waals surface area contributed by atoms with Crippen molar-refractivity contribution in [3.63, 3.8) is 0 Å². The van der Waals surface area contributed by atoms with Gasteiger partial charge in [0.15, 0.2) is 0 Å². The largest absolute Gasteiger partial charge is 0.385 e. The fourth-order valence-electron chi connectivity index (χ4n) is 3.36. The number of amides is 1. The number of ether oxygens (including phenoxy) is 1. The van der Waals surface area contributed by atoms with E-state index in [4.69, 9.17) is 9.53 Å². The summed E-state index contributed by atoms with van der Waals surface area (Å²) in [6.45, 7) is 13.2. The molecule has 0 radical (unpaired) electrons. The van der Waals surface area contributed by atoms with Crippen molar-refractivity contribution in [1.82, 2.24) is 0 Å². The van der Waals surface area contributed by atoms with Gasteiger partial charge in [-0.2, -0.15) is 0 Å². The summed E-state index contributed by atoms with van der Waals surface area (Å²) < 4.78 is 5.21. The van der Waals surface area contributed by atoms with Gasteiger partial charge in [-0.05, 0) is 68.7 Å². The number of aliphatic imine (C=N–C) groups is 1. The molecule has 6 heteroatoms. The maximum atomic E-state index is 8.58. The third-order valence-electron chi connectivity index (χ3n) is 4.80. The molecule has 160 valence electrons. The van der Waals surface area contributed by atoms with E-state index < -0.39 is 0 Å². The number of aryl methyl sites for hydroxylation is 2. The molecule has 30 heavy (non-hydrogen) atoms. The molecule has 2 aromatic carbocycles. The van der Waals surface area contributed by atoms with Crippen LogP contribution in [0, 0.1) is 19.8 Å². The molecule has 0 aliphatic carbocycles. The Morgan fingerprint density at radius 2 is 1.87 bits per heavy atom. The van der Waals surface area contributed by atoms with Crippen LogP contribution in [0.3, 0.4) is 0 Å². The van der Waals surface area contributed by atoms with Gasteiger partial charge in [0.05, 0.1) is 18.9 Å². The van der Waals surface area contributed by atoms with E-state index in [-0.39, 0.29) is 6.41 Å². The van der Waals surface area contributed by atoms with Crippen molar-refractivity contribution in [1.29, 1.82) is 0 Å². The summed E-state index contributed by atoms with van der Waals surface area (Å²) in [5.41, 5.74) is 11.6. The number of nitrogens with zero attached hydrogens (tertiary/aromatic N) is 1. The van der Waals surface area contributed by atoms with Crippen molar-refractivity contribution in [2.45, 2.75) is 27.2 Å². The molecule has 1 heterocycles. The Kier molecular flexibility index (Phi) is 9.09. The Bertz CT molecular complexity index is 872. The highest BCUT2D eigenvalue weighted by atomic mass is 16.5. The van der Waals surface area contributed by atoms with Crippen molar-refractivity contribution >= 4 is 35.4 Å². The molecule has 0 aromatic heterocycles.